The van der Waals surface area contributed by atoms with Gasteiger partial charge < -0.3 is 5.32 Å². The van der Waals surface area contributed by atoms with Crippen molar-refractivity contribution in [2.45, 2.75) is 13.8 Å². The van der Waals surface area contributed by atoms with Gasteiger partial charge in [-0.3, -0.25) is 0 Å². The van der Waals surface area contributed by atoms with Crippen molar-refractivity contribution in [3.8, 4) is 6.07 Å². The molecule has 1 heterocycles. The van der Waals surface area contributed by atoms with Crippen LogP contribution in [-0.4, -0.2) is 10.2 Å². The molecule has 0 aliphatic carbocycles. The summed E-state index contributed by atoms with van der Waals surface area (Å²) in [5, 5.41) is 19.6. The van der Waals surface area contributed by atoms with Gasteiger partial charge in [0.1, 0.15) is 17.4 Å². The standard InChI is InChI=1S/C13H9BrF2N4/c1-6-7(2)19-20-13(9(6)5-17)18-12-10(14)3-8(15)4-11(12)16/h3-4H,1-2H3,(H,18,20). The first-order valence-electron chi connectivity index (χ1n) is 5.59. The van der Waals surface area contributed by atoms with Crippen LogP contribution in [0, 0.1) is 36.8 Å². The maximum atomic E-state index is 13.7. The van der Waals surface area contributed by atoms with Crippen molar-refractivity contribution in [1.29, 1.82) is 5.26 Å². The third-order valence-corrected chi connectivity index (χ3v) is 3.44. The van der Waals surface area contributed by atoms with Gasteiger partial charge in [-0.2, -0.15) is 10.4 Å². The molecule has 4 nitrogen and oxygen atoms in total. The van der Waals surface area contributed by atoms with Crippen molar-refractivity contribution in [3.05, 3.63) is 45.1 Å². The average Bonchev–Trinajstić information content (AvgIpc) is 2.38. The molecule has 2 aromatic rings. The normalized spacial score (nSPS) is 10.2. The lowest BCUT2D eigenvalue weighted by atomic mass is 10.1. The Bertz CT molecular complexity index is 702. The first-order valence-corrected chi connectivity index (χ1v) is 6.39. The first-order chi connectivity index (χ1) is 9.43. The van der Waals surface area contributed by atoms with Gasteiger partial charge in [0.05, 0.1) is 11.4 Å². The predicted molar refractivity (Wildman–Crippen MR) is 73.6 cm³/mol. The van der Waals surface area contributed by atoms with Gasteiger partial charge in [0.25, 0.3) is 0 Å². The molecule has 0 radical (unpaired) electrons. The van der Waals surface area contributed by atoms with Crippen molar-refractivity contribution in [2.24, 2.45) is 0 Å². The molecule has 0 fully saturated rings. The predicted octanol–water partition coefficient (Wildman–Crippen LogP) is 3.75. The van der Waals surface area contributed by atoms with Crippen LogP contribution in [0.2, 0.25) is 0 Å². The van der Waals surface area contributed by atoms with Gasteiger partial charge in [0.2, 0.25) is 0 Å². The van der Waals surface area contributed by atoms with Crippen molar-refractivity contribution in [2.75, 3.05) is 5.32 Å². The van der Waals surface area contributed by atoms with E-state index in [2.05, 4.69) is 31.4 Å². The number of rotatable bonds is 2. The van der Waals surface area contributed by atoms with E-state index in [1.54, 1.807) is 13.8 Å². The summed E-state index contributed by atoms with van der Waals surface area (Å²) in [6, 6.07) is 3.86. The van der Waals surface area contributed by atoms with E-state index in [-0.39, 0.29) is 21.5 Å². The average molecular weight is 339 g/mol. The molecule has 20 heavy (non-hydrogen) atoms. The minimum atomic E-state index is -0.791. The summed E-state index contributed by atoms with van der Waals surface area (Å²) >= 11 is 3.06. The molecule has 0 spiro atoms. The highest BCUT2D eigenvalue weighted by molar-refractivity contribution is 9.10. The molecule has 0 amide bonds. The molecule has 102 valence electrons. The van der Waals surface area contributed by atoms with E-state index in [0.29, 0.717) is 11.3 Å². The lowest BCUT2D eigenvalue weighted by Gasteiger charge is -2.11. The summed E-state index contributed by atoms with van der Waals surface area (Å²) in [5.74, 6) is -1.37. The highest BCUT2D eigenvalue weighted by Crippen LogP contribution is 2.30. The highest BCUT2D eigenvalue weighted by atomic mass is 79.9. The van der Waals surface area contributed by atoms with Gasteiger partial charge in [-0.1, -0.05) is 0 Å². The lowest BCUT2D eigenvalue weighted by Crippen LogP contribution is -2.05. The molecule has 0 aliphatic rings. The van der Waals surface area contributed by atoms with Crippen LogP contribution < -0.4 is 5.32 Å². The molecule has 2 rings (SSSR count). The van der Waals surface area contributed by atoms with E-state index in [1.165, 1.54) is 0 Å². The number of benzene rings is 1. The first kappa shape index (κ1) is 14.3. The van der Waals surface area contributed by atoms with Gasteiger partial charge in [-0.15, -0.1) is 5.10 Å². The van der Waals surface area contributed by atoms with Crippen molar-refractivity contribution >= 4 is 27.4 Å². The quantitative estimate of drug-likeness (QED) is 0.905. The number of aryl methyl sites for hydroxylation is 1. The largest absolute Gasteiger partial charge is 0.334 e. The van der Waals surface area contributed by atoms with E-state index in [4.69, 9.17) is 5.26 Å². The summed E-state index contributed by atoms with van der Waals surface area (Å²) in [6.07, 6.45) is 0. The third kappa shape index (κ3) is 2.60. The van der Waals surface area contributed by atoms with E-state index in [1.807, 2.05) is 6.07 Å². The topological polar surface area (TPSA) is 61.6 Å². The molecule has 0 saturated heterocycles. The Morgan fingerprint density at radius 2 is 1.95 bits per heavy atom. The maximum Gasteiger partial charge on any atom is 0.171 e. The van der Waals surface area contributed by atoms with Gasteiger partial charge in [0.15, 0.2) is 11.6 Å². The van der Waals surface area contributed by atoms with Crippen LogP contribution in [0.15, 0.2) is 16.6 Å². The summed E-state index contributed by atoms with van der Waals surface area (Å²) in [4.78, 5) is 0. The Balaban J connectivity index is 2.52. The van der Waals surface area contributed by atoms with E-state index in [9.17, 15) is 8.78 Å². The molecule has 0 saturated carbocycles. The monoisotopic (exact) mass is 338 g/mol. The molecule has 0 aliphatic heterocycles. The molecule has 0 bridgehead atoms. The van der Waals surface area contributed by atoms with Crippen molar-refractivity contribution in [3.63, 3.8) is 0 Å². The third-order valence-electron chi connectivity index (χ3n) is 2.82. The number of halogens is 3. The second-order valence-corrected chi connectivity index (χ2v) is 4.97. The molecule has 1 aromatic heterocycles. The van der Waals surface area contributed by atoms with Crippen LogP contribution in [0.5, 0.6) is 0 Å². The number of nitrogens with zero attached hydrogens (tertiary/aromatic N) is 3. The van der Waals surface area contributed by atoms with Crippen LogP contribution in [-0.2, 0) is 0 Å². The van der Waals surface area contributed by atoms with E-state index >= 15 is 0 Å². The molecule has 1 aromatic carbocycles. The number of nitrogens with one attached hydrogen (secondary N) is 1. The molecule has 7 heteroatoms. The second kappa shape index (κ2) is 5.51. The summed E-state index contributed by atoms with van der Waals surface area (Å²) in [7, 11) is 0. The smallest absolute Gasteiger partial charge is 0.171 e. The minimum Gasteiger partial charge on any atom is -0.334 e. The Kier molecular flexibility index (Phi) is 3.95. The fraction of sp³-hybridized carbons (Fsp3) is 0.154. The fourth-order valence-corrected chi connectivity index (χ4v) is 2.12. The minimum absolute atomic E-state index is 0.000420. The number of aromatic nitrogens is 2. The van der Waals surface area contributed by atoms with Gasteiger partial charge in [-0.25, -0.2) is 8.78 Å². The lowest BCUT2D eigenvalue weighted by molar-refractivity contribution is 0.584. The zero-order chi connectivity index (χ0) is 14.9. The van der Waals surface area contributed by atoms with E-state index < -0.39 is 11.6 Å². The Morgan fingerprint density at radius 1 is 1.25 bits per heavy atom. The summed E-state index contributed by atoms with van der Waals surface area (Å²) in [6.45, 7) is 3.45. The summed E-state index contributed by atoms with van der Waals surface area (Å²) in [5.41, 5.74) is 1.54. The van der Waals surface area contributed by atoms with Crippen LogP contribution in [0.25, 0.3) is 0 Å². The Hall–Kier alpha value is -2.07. The Morgan fingerprint density at radius 3 is 2.55 bits per heavy atom. The van der Waals surface area contributed by atoms with Gasteiger partial charge in [-0.05, 0) is 41.4 Å². The zero-order valence-electron chi connectivity index (χ0n) is 10.6. The van der Waals surface area contributed by atoms with Crippen LogP contribution in [0.4, 0.5) is 20.3 Å². The highest BCUT2D eigenvalue weighted by Gasteiger charge is 2.15. The molecule has 0 unspecified atom stereocenters. The number of nitriles is 1. The number of hydrogen-bond acceptors (Lipinski definition) is 4. The van der Waals surface area contributed by atoms with Crippen LogP contribution in [0.1, 0.15) is 16.8 Å². The SMILES string of the molecule is Cc1nnc(Nc2c(F)cc(F)cc2Br)c(C#N)c1C. The molecule has 0 atom stereocenters. The number of hydrogen-bond donors (Lipinski definition) is 1. The van der Waals surface area contributed by atoms with Crippen LogP contribution in [0.3, 0.4) is 0 Å². The fourth-order valence-electron chi connectivity index (χ4n) is 1.61. The zero-order valence-corrected chi connectivity index (χ0v) is 12.2. The molecule has 1 N–H and O–H groups in total. The van der Waals surface area contributed by atoms with Gasteiger partial charge in [0, 0.05) is 10.5 Å². The van der Waals surface area contributed by atoms with Crippen molar-refractivity contribution in [1.82, 2.24) is 10.2 Å². The molecular weight excluding hydrogens is 330 g/mol. The van der Waals surface area contributed by atoms with Crippen LogP contribution >= 0.6 is 15.9 Å². The summed E-state index contributed by atoms with van der Waals surface area (Å²) < 4.78 is 27.0. The second-order valence-electron chi connectivity index (χ2n) is 4.12. The number of anilines is 2. The van der Waals surface area contributed by atoms with Crippen molar-refractivity contribution < 1.29 is 8.78 Å². The van der Waals surface area contributed by atoms with Gasteiger partial charge >= 0.3 is 0 Å². The maximum absolute atomic E-state index is 13.7. The Labute approximate surface area is 122 Å². The van der Waals surface area contributed by atoms with E-state index in [0.717, 1.165) is 12.1 Å². The molecular formula is C13H9BrF2N4.